The van der Waals surface area contributed by atoms with Crippen LogP contribution >= 0.6 is 11.6 Å². The van der Waals surface area contributed by atoms with Crippen molar-refractivity contribution in [2.45, 2.75) is 39.3 Å². The number of rotatable bonds is 8. The molecule has 0 radical (unpaired) electrons. The summed E-state index contributed by atoms with van der Waals surface area (Å²) in [4.78, 5) is 12.0. The smallest absolute Gasteiger partial charge is 0.235 e. The molecule has 0 saturated carbocycles. The molecule has 0 spiro atoms. The van der Waals surface area contributed by atoms with Gasteiger partial charge < -0.3 is 5.32 Å². The van der Waals surface area contributed by atoms with E-state index in [1.165, 1.54) is 0 Å². The molecule has 0 heterocycles. The average Bonchev–Trinajstić information content (AvgIpc) is 2.39. The minimum Gasteiger partial charge on any atom is -0.353 e. The Balaban J connectivity index is 2.73. The summed E-state index contributed by atoms with van der Waals surface area (Å²) in [6.07, 6.45) is 2.93. The van der Waals surface area contributed by atoms with Crippen molar-refractivity contribution in [2.24, 2.45) is 0 Å². The molecule has 0 fully saturated rings. The van der Waals surface area contributed by atoms with Gasteiger partial charge in [-0.15, -0.1) is 0 Å². The van der Waals surface area contributed by atoms with E-state index in [0.29, 0.717) is 5.02 Å². The van der Waals surface area contributed by atoms with Gasteiger partial charge in [0.25, 0.3) is 0 Å². The quantitative estimate of drug-likeness (QED) is 0.786. The number of hydrogen-bond donors (Lipinski definition) is 1. The molecule has 0 saturated heterocycles. The Morgan fingerprint density at radius 1 is 1.32 bits per heavy atom. The van der Waals surface area contributed by atoms with Crippen LogP contribution in [-0.2, 0) is 21.4 Å². The summed E-state index contributed by atoms with van der Waals surface area (Å²) in [6.45, 7) is 3.90. The van der Waals surface area contributed by atoms with Crippen LogP contribution in [0.3, 0.4) is 0 Å². The molecule has 1 aromatic rings. The molecule has 124 valence electrons. The van der Waals surface area contributed by atoms with E-state index in [4.69, 9.17) is 11.6 Å². The van der Waals surface area contributed by atoms with Crippen molar-refractivity contribution < 1.29 is 13.2 Å². The third-order valence-electron chi connectivity index (χ3n) is 3.19. The lowest BCUT2D eigenvalue weighted by Crippen LogP contribution is -2.42. The van der Waals surface area contributed by atoms with Crippen LogP contribution in [0.25, 0.3) is 0 Å². The summed E-state index contributed by atoms with van der Waals surface area (Å²) in [5, 5.41) is 3.40. The SMILES string of the molecule is CCCC(C)NC(=O)CN(Cc1ccc(Cl)cc1)S(C)(=O)=O. The van der Waals surface area contributed by atoms with Crippen molar-refractivity contribution in [1.29, 1.82) is 0 Å². The molecule has 1 rings (SSSR count). The third kappa shape index (κ3) is 6.77. The zero-order chi connectivity index (χ0) is 16.8. The lowest BCUT2D eigenvalue weighted by Gasteiger charge is -2.21. The molecule has 0 aromatic heterocycles. The monoisotopic (exact) mass is 346 g/mol. The van der Waals surface area contributed by atoms with E-state index >= 15 is 0 Å². The highest BCUT2D eigenvalue weighted by Gasteiger charge is 2.21. The van der Waals surface area contributed by atoms with Gasteiger partial charge >= 0.3 is 0 Å². The first kappa shape index (κ1) is 18.9. The minimum atomic E-state index is -3.48. The number of carbonyl (C=O) groups excluding carboxylic acids is 1. The second kappa shape index (κ2) is 8.50. The molecule has 0 aliphatic heterocycles. The maximum atomic E-state index is 12.0. The Hall–Kier alpha value is -1.11. The standard InChI is InChI=1S/C15H23ClN2O3S/c1-4-5-12(2)17-15(19)11-18(22(3,20)21)10-13-6-8-14(16)9-7-13/h6-9,12H,4-5,10-11H2,1-3H3,(H,17,19). The molecule has 1 amide bonds. The first-order valence-corrected chi connectivity index (χ1v) is 9.44. The second-order valence-electron chi connectivity index (χ2n) is 5.41. The Kier molecular flexibility index (Phi) is 7.32. The van der Waals surface area contributed by atoms with Crippen molar-refractivity contribution in [3.05, 3.63) is 34.9 Å². The summed E-state index contributed by atoms with van der Waals surface area (Å²) in [5.74, 6) is -0.291. The fourth-order valence-electron chi connectivity index (χ4n) is 2.07. The summed E-state index contributed by atoms with van der Waals surface area (Å²) < 4.78 is 24.9. The molecule has 22 heavy (non-hydrogen) atoms. The van der Waals surface area contributed by atoms with E-state index in [2.05, 4.69) is 5.32 Å². The summed E-state index contributed by atoms with van der Waals surface area (Å²) in [5.41, 5.74) is 0.782. The fourth-order valence-corrected chi connectivity index (χ4v) is 2.93. The van der Waals surface area contributed by atoms with Crippen LogP contribution in [-0.4, -0.2) is 37.5 Å². The molecule has 1 atom stereocenters. The van der Waals surface area contributed by atoms with Crippen molar-refractivity contribution in [3.63, 3.8) is 0 Å². The van der Waals surface area contributed by atoms with Crippen LogP contribution in [0.4, 0.5) is 0 Å². The molecular formula is C15H23ClN2O3S. The largest absolute Gasteiger partial charge is 0.353 e. The molecule has 0 bridgehead atoms. The highest BCUT2D eigenvalue weighted by atomic mass is 35.5. The number of carbonyl (C=O) groups is 1. The molecule has 5 nitrogen and oxygen atoms in total. The van der Waals surface area contributed by atoms with Gasteiger partial charge in [-0.1, -0.05) is 37.1 Å². The van der Waals surface area contributed by atoms with Gasteiger partial charge in [0.15, 0.2) is 0 Å². The Labute approximate surface area is 137 Å². The topological polar surface area (TPSA) is 66.5 Å². The molecule has 7 heteroatoms. The van der Waals surface area contributed by atoms with Gasteiger partial charge in [-0.05, 0) is 31.0 Å². The highest BCUT2D eigenvalue weighted by molar-refractivity contribution is 7.88. The Morgan fingerprint density at radius 3 is 2.41 bits per heavy atom. The zero-order valence-electron chi connectivity index (χ0n) is 13.2. The summed E-state index contributed by atoms with van der Waals surface area (Å²) in [7, 11) is -3.48. The van der Waals surface area contributed by atoms with Crippen LogP contribution < -0.4 is 5.32 Å². The van der Waals surface area contributed by atoms with Gasteiger partial charge in [0, 0.05) is 17.6 Å². The van der Waals surface area contributed by atoms with Crippen LogP contribution in [0, 0.1) is 0 Å². The maximum Gasteiger partial charge on any atom is 0.235 e. The van der Waals surface area contributed by atoms with Crippen molar-refractivity contribution in [2.75, 3.05) is 12.8 Å². The van der Waals surface area contributed by atoms with Crippen molar-refractivity contribution in [1.82, 2.24) is 9.62 Å². The van der Waals surface area contributed by atoms with E-state index < -0.39 is 10.0 Å². The lowest BCUT2D eigenvalue weighted by molar-refractivity contribution is -0.122. The summed E-state index contributed by atoms with van der Waals surface area (Å²) >= 11 is 5.81. The third-order valence-corrected chi connectivity index (χ3v) is 4.64. The van der Waals surface area contributed by atoms with E-state index in [-0.39, 0.29) is 25.0 Å². The predicted molar refractivity (Wildman–Crippen MR) is 89.2 cm³/mol. The second-order valence-corrected chi connectivity index (χ2v) is 7.83. The van der Waals surface area contributed by atoms with Gasteiger partial charge in [-0.25, -0.2) is 8.42 Å². The van der Waals surface area contributed by atoms with Crippen molar-refractivity contribution in [3.8, 4) is 0 Å². The van der Waals surface area contributed by atoms with Crippen LogP contribution in [0.2, 0.25) is 5.02 Å². The molecule has 0 aliphatic rings. The van der Waals surface area contributed by atoms with E-state index in [9.17, 15) is 13.2 Å². The first-order chi connectivity index (χ1) is 10.2. The number of halogens is 1. The Morgan fingerprint density at radius 2 is 1.91 bits per heavy atom. The van der Waals surface area contributed by atoms with Crippen molar-refractivity contribution >= 4 is 27.5 Å². The first-order valence-electron chi connectivity index (χ1n) is 7.21. The minimum absolute atomic E-state index is 0.0365. The Bertz CT molecular complexity index is 587. The van der Waals surface area contributed by atoms with Gasteiger partial charge in [0.2, 0.25) is 15.9 Å². The van der Waals surface area contributed by atoms with Crippen LogP contribution in [0.15, 0.2) is 24.3 Å². The zero-order valence-corrected chi connectivity index (χ0v) is 14.7. The lowest BCUT2D eigenvalue weighted by atomic mass is 10.2. The van der Waals surface area contributed by atoms with Gasteiger partial charge in [-0.2, -0.15) is 4.31 Å². The summed E-state index contributed by atoms with van der Waals surface area (Å²) in [6, 6.07) is 6.92. The number of benzene rings is 1. The van der Waals surface area contributed by atoms with E-state index in [1.807, 2.05) is 13.8 Å². The molecule has 0 aliphatic carbocycles. The highest BCUT2D eigenvalue weighted by Crippen LogP contribution is 2.13. The van der Waals surface area contributed by atoms with Gasteiger partial charge in [-0.3, -0.25) is 4.79 Å². The van der Waals surface area contributed by atoms with Gasteiger partial charge in [0.1, 0.15) is 0 Å². The molecular weight excluding hydrogens is 324 g/mol. The average molecular weight is 347 g/mol. The molecule has 1 N–H and O–H groups in total. The maximum absolute atomic E-state index is 12.0. The fraction of sp³-hybridized carbons (Fsp3) is 0.533. The number of nitrogens with one attached hydrogen (secondary N) is 1. The number of sulfonamides is 1. The predicted octanol–water partition coefficient (Wildman–Crippen LogP) is 2.41. The number of nitrogens with zero attached hydrogens (tertiary/aromatic N) is 1. The van der Waals surface area contributed by atoms with E-state index in [1.54, 1.807) is 24.3 Å². The normalized spacial score (nSPS) is 13.1. The number of hydrogen-bond acceptors (Lipinski definition) is 3. The van der Waals surface area contributed by atoms with E-state index in [0.717, 1.165) is 29.0 Å². The van der Waals surface area contributed by atoms with Gasteiger partial charge in [0.05, 0.1) is 12.8 Å². The van der Waals surface area contributed by atoms with Crippen LogP contribution in [0.5, 0.6) is 0 Å². The number of amides is 1. The van der Waals surface area contributed by atoms with Crippen LogP contribution in [0.1, 0.15) is 32.3 Å². The molecule has 1 aromatic carbocycles. The molecule has 1 unspecified atom stereocenters.